The Morgan fingerprint density at radius 3 is 2.33 bits per heavy atom. The molecule has 196 valence electrons. The van der Waals surface area contributed by atoms with E-state index in [2.05, 4.69) is 5.32 Å². The fourth-order valence-electron chi connectivity index (χ4n) is 3.62. The molecular weight excluding hydrogens is 486 g/mol. The van der Waals surface area contributed by atoms with Crippen molar-refractivity contribution in [1.29, 1.82) is 0 Å². The van der Waals surface area contributed by atoms with Crippen LogP contribution in [-0.4, -0.2) is 64.4 Å². The Balaban J connectivity index is 1.89. The van der Waals surface area contributed by atoms with Gasteiger partial charge in [-0.2, -0.15) is 0 Å². The van der Waals surface area contributed by atoms with Crippen LogP contribution in [0.15, 0.2) is 42.5 Å². The van der Waals surface area contributed by atoms with E-state index in [1.165, 1.54) is 11.0 Å². The van der Waals surface area contributed by atoms with Crippen molar-refractivity contribution < 1.29 is 32.2 Å². The molecule has 0 saturated carbocycles. The summed E-state index contributed by atoms with van der Waals surface area (Å²) >= 11 is 0. The van der Waals surface area contributed by atoms with Crippen molar-refractivity contribution in [2.45, 2.75) is 33.4 Å². The second-order valence-corrected chi connectivity index (χ2v) is 10.9. The Hall–Kier alpha value is -3.47. The minimum atomic E-state index is -3.84. The van der Waals surface area contributed by atoms with Crippen molar-refractivity contribution in [3.63, 3.8) is 0 Å². The van der Waals surface area contributed by atoms with Gasteiger partial charge in [0.15, 0.2) is 11.5 Å². The number of amides is 2. The van der Waals surface area contributed by atoms with Gasteiger partial charge in [-0.15, -0.1) is 0 Å². The number of hydrogen-bond acceptors (Lipinski definition) is 7. The number of rotatable bonds is 11. The van der Waals surface area contributed by atoms with Gasteiger partial charge in [-0.3, -0.25) is 13.9 Å². The molecule has 0 radical (unpaired) electrons. The number of hydrogen-bond donors (Lipinski definition) is 1. The number of benzene rings is 2. The van der Waals surface area contributed by atoms with E-state index in [1.54, 1.807) is 50.4 Å². The van der Waals surface area contributed by atoms with Gasteiger partial charge in [0.2, 0.25) is 28.6 Å². The molecular formula is C25H33N3O7S. The zero-order chi connectivity index (χ0) is 26.5. The van der Waals surface area contributed by atoms with Crippen LogP contribution >= 0.6 is 0 Å². The van der Waals surface area contributed by atoms with Crippen molar-refractivity contribution in [1.82, 2.24) is 10.2 Å². The molecule has 0 aromatic heterocycles. The topological polar surface area (TPSA) is 114 Å². The first kappa shape index (κ1) is 27.1. The first-order chi connectivity index (χ1) is 17.0. The van der Waals surface area contributed by atoms with E-state index >= 15 is 0 Å². The van der Waals surface area contributed by atoms with Gasteiger partial charge in [0, 0.05) is 19.2 Å². The second kappa shape index (κ2) is 11.5. The predicted octanol–water partition coefficient (Wildman–Crippen LogP) is 2.38. The van der Waals surface area contributed by atoms with Gasteiger partial charge in [-0.05, 0) is 42.7 Å². The number of carbonyl (C=O) groups excluding carboxylic acids is 2. The fourth-order valence-corrected chi connectivity index (χ4v) is 4.46. The van der Waals surface area contributed by atoms with E-state index in [0.29, 0.717) is 23.8 Å². The molecule has 2 aromatic carbocycles. The monoisotopic (exact) mass is 519 g/mol. The molecule has 1 aliphatic heterocycles. The molecule has 2 amide bonds. The maximum absolute atomic E-state index is 13.6. The van der Waals surface area contributed by atoms with Crippen LogP contribution in [0.2, 0.25) is 0 Å². The summed E-state index contributed by atoms with van der Waals surface area (Å²) in [5.41, 5.74) is 1.03. The largest absolute Gasteiger partial charge is 0.497 e. The summed E-state index contributed by atoms with van der Waals surface area (Å²) in [6.45, 7) is 5.69. The minimum Gasteiger partial charge on any atom is -0.497 e. The highest BCUT2D eigenvalue weighted by molar-refractivity contribution is 7.92. The van der Waals surface area contributed by atoms with Crippen LogP contribution in [0.4, 0.5) is 5.69 Å². The molecule has 0 bridgehead atoms. The molecule has 0 spiro atoms. The van der Waals surface area contributed by atoms with Gasteiger partial charge in [0.25, 0.3) is 0 Å². The number of anilines is 1. The lowest BCUT2D eigenvalue weighted by Crippen LogP contribution is -2.51. The average Bonchev–Trinajstić information content (AvgIpc) is 3.31. The van der Waals surface area contributed by atoms with Crippen molar-refractivity contribution in [3.05, 3.63) is 48.0 Å². The van der Waals surface area contributed by atoms with Crippen LogP contribution in [0.1, 0.15) is 26.3 Å². The van der Waals surface area contributed by atoms with Gasteiger partial charge in [0.1, 0.15) is 18.3 Å². The number of fused-ring (bicyclic) bond motifs is 1. The van der Waals surface area contributed by atoms with Gasteiger partial charge < -0.3 is 24.4 Å². The number of nitrogens with zero attached hydrogens (tertiary/aromatic N) is 2. The Morgan fingerprint density at radius 2 is 1.72 bits per heavy atom. The number of nitrogens with one attached hydrogen (secondary N) is 1. The lowest BCUT2D eigenvalue weighted by molar-refractivity contribution is -0.139. The Kier molecular flexibility index (Phi) is 8.67. The van der Waals surface area contributed by atoms with Crippen molar-refractivity contribution in [2.75, 3.05) is 37.6 Å². The van der Waals surface area contributed by atoms with Gasteiger partial charge in [-0.25, -0.2) is 8.42 Å². The summed E-state index contributed by atoms with van der Waals surface area (Å²) in [7, 11) is -2.28. The summed E-state index contributed by atoms with van der Waals surface area (Å²) in [5, 5.41) is 2.85. The summed E-state index contributed by atoms with van der Waals surface area (Å²) in [4.78, 5) is 27.8. The zero-order valence-corrected chi connectivity index (χ0v) is 22.0. The molecule has 1 N–H and O–H groups in total. The summed E-state index contributed by atoms with van der Waals surface area (Å²) < 4.78 is 42.2. The van der Waals surface area contributed by atoms with Crippen molar-refractivity contribution in [2.24, 2.45) is 5.92 Å². The number of ether oxygens (including phenoxy) is 3. The molecule has 1 aliphatic rings. The van der Waals surface area contributed by atoms with E-state index in [0.717, 1.165) is 16.1 Å². The Morgan fingerprint density at radius 1 is 1.06 bits per heavy atom. The molecule has 0 saturated heterocycles. The zero-order valence-electron chi connectivity index (χ0n) is 21.2. The molecule has 1 atom stereocenters. The quantitative estimate of drug-likeness (QED) is 0.485. The normalized spacial score (nSPS) is 13.3. The maximum atomic E-state index is 13.6. The molecule has 1 heterocycles. The standard InChI is InChI=1S/C25H33N3O7S/c1-17(2)13-26-25(30)18(3)27(14-19-6-9-21(33-4)10-7-19)24(29)15-28(36(5,31)32)20-8-11-22-23(12-20)35-16-34-22/h6-12,17-18H,13-16H2,1-5H3,(H,26,30). The van der Waals surface area contributed by atoms with Crippen molar-refractivity contribution in [3.8, 4) is 17.2 Å². The van der Waals surface area contributed by atoms with Gasteiger partial charge in [0.05, 0.1) is 19.1 Å². The number of sulfonamides is 1. The van der Waals surface area contributed by atoms with E-state index < -0.39 is 28.5 Å². The summed E-state index contributed by atoms with van der Waals surface area (Å²) in [6.07, 6.45) is 1.03. The highest BCUT2D eigenvalue weighted by Crippen LogP contribution is 2.36. The van der Waals surface area contributed by atoms with E-state index in [-0.39, 0.29) is 30.9 Å². The van der Waals surface area contributed by atoms with Crippen LogP contribution in [0.5, 0.6) is 17.2 Å². The number of methoxy groups -OCH3 is 1. The second-order valence-electron chi connectivity index (χ2n) is 8.99. The lowest BCUT2D eigenvalue weighted by Gasteiger charge is -2.31. The fraction of sp³-hybridized carbons (Fsp3) is 0.440. The van der Waals surface area contributed by atoms with Crippen LogP contribution in [0.3, 0.4) is 0 Å². The minimum absolute atomic E-state index is 0.0369. The summed E-state index contributed by atoms with van der Waals surface area (Å²) in [6, 6.07) is 10.9. The molecule has 0 aliphatic carbocycles. The molecule has 11 heteroatoms. The lowest BCUT2D eigenvalue weighted by atomic mass is 10.1. The molecule has 10 nitrogen and oxygen atoms in total. The van der Waals surface area contributed by atoms with Gasteiger partial charge >= 0.3 is 0 Å². The highest BCUT2D eigenvalue weighted by Gasteiger charge is 2.30. The third-order valence-electron chi connectivity index (χ3n) is 5.69. The average molecular weight is 520 g/mol. The molecule has 0 fully saturated rings. The SMILES string of the molecule is COc1ccc(CN(C(=O)CN(c2ccc3c(c2)OCO3)S(C)(=O)=O)C(C)C(=O)NCC(C)C)cc1. The van der Waals surface area contributed by atoms with Crippen molar-refractivity contribution >= 4 is 27.5 Å². The maximum Gasteiger partial charge on any atom is 0.244 e. The highest BCUT2D eigenvalue weighted by atomic mass is 32.2. The molecule has 3 rings (SSSR count). The van der Waals surface area contributed by atoms with E-state index in [1.807, 2.05) is 13.8 Å². The van der Waals surface area contributed by atoms with Crippen LogP contribution in [-0.2, 0) is 26.2 Å². The van der Waals surface area contributed by atoms with Crippen LogP contribution in [0.25, 0.3) is 0 Å². The smallest absolute Gasteiger partial charge is 0.244 e. The number of carbonyl (C=O) groups is 2. The van der Waals surface area contributed by atoms with E-state index in [4.69, 9.17) is 14.2 Å². The third-order valence-corrected chi connectivity index (χ3v) is 6.83. The van der Waals surface area contributed by atoms with Gasteiger partial charge in [-0.1, -0.05) is 26.0 Å². The van der Waals surface area contributed by atoms with Crippen LogP contribution < -0.4 is 23.8 Å². The first-order valence-electron chi connectivity index (χ1n) is 11.6. The predicted molar refractivity (Wildman–Crippen MR) is 136 cm³/mol. The first-order valence-corrected chi connectivity index (χ1v) is 13.4. The van der Waals surface area contributed by atoms with E-state index in [9.17, 15) is 18.0 Å². The third kappa shape index (κ3) is 6.81. The molecule has 1 unspecified atom stereocenters. The summed E-state index contributed by atoms with van der Waals surface area (Å²) in [5.74, 6) is 0.935. The molecule has 2 aromatic rings. The van der Waals surface area contributed by atoms with Crippen LogP contribution in [0, 0.1) is 5.92 Å². The molecule has 36 heavy (non-hydrogen) atoms. The Bertz CT molecular complexity index is 1180. The Labute approximate surface area is 212 Å².